The average Bonchev–Trinajstić information content (AvgIpc) is 3.31. The van der Waals surface area contributed by atoms with Crippen molar-refractivity contribution in [1.29, 1.82) is 0 Å². The van der Waals surface area contributed by atoms with E-state index in [-0.39, 0.29) is 55.3 Å². The van der Waals surface area contributed by atoms with Crippen molar-refractivity contribution in [3.8, 4) is 23.0 Å². The molecule has 4 N–H and O–H groups in total. The van der Waals surface area contributed by atoms with Crippen molar-refractivity contribution in [2.45, 2.75) is 80.3 Å². The summed E-state index contributed by atoms with van der Waals surface area (Å²) in [4.78, 5) is 32.6. The number of aliphatic hydroxyl groups excluding tert-OH is 2. The Balaban J connectivity index is 1.35. The summed E-state index contributed by atoms with van der Waals surface area (Å²) in [5.74, 6) is -0.0526. The molecule has 1 fully saturated rings. The molecule has 0 radical (unpaired) electrons. The van der Waals surface area contributed by atoms with Gasteiger partial charge in [0, 0.05) is 54.7 Å². The first-order valence-corrected chi connectivity index (χ1v) is 23.1. The van der Waals surface area contributed by atoms with E-state index in [4.69, 9.17) is 33.7 Å². The molecule has 2 amide bonds. The Bertz CT molecular complexity index is 2320. The van der Waals surface area contributed by atoms with E-state index in [1.165, 1.54) is 14.0 Å². The Kier molecular flexibility index (Phi) is 16.3. The van der Waals surface area contributed by atoms with Crippen molar-refractivity contribution in [3.05, 3.63) is 126 Å². The zero-order valence-corrected chi connectivity index (χ0v) is 38.0. The highest BCUT2D eigenvalue weighted by molar-refractivity contribution is 8.00. The molecule has 2 aliphatic carbocycles. The number of methoxy groups -OCH3 is 2. The number of thioether (sulfide) groups is 1. The van der Waals surface area contributed by atoms with Crippen molar-refractivity contribution in [2.75, 3.05) is 44.7 Å². The molecule has 14 heteroatoms. The molecule has 1 saturated carbocycles. The second kappa shape index (κ2) is 22.4. The molecule has 0 saturated heterocycles. The van der Waals surface area contributed by atoms with E-state index >= 15 is 0 Å². The number of unbranched alkanes of at least 4 members (excludes halogenated alkanes) is 2. The minimum absolute atomic E-state index is 0.0307. The van der Waals surface area contributed by atoms with Crippen molar-refractivity contribution in [3.63, 3.8) is 0 Å². The third kappa shape index (κ3) is 11.2. The lowest BCUT2D eigenvalue weighted by Crippen LogP contribution is -2.64. The number of nitrogens with zero attached hydrogens (tertiary/aromatic N) is 1. The topological polar surface area (TPSA) is 166 Å². The van der Waals surface area contributed by atoms with Crippen LogP contribution in [0.3, 0.4) is 0 Å². The molecule has 0 spiro atoms. The summed E-state index contributed by atoms with van der Waals surface area (Å²) in [5.41, 5.74) is 4.71. The van der Waals surface area contributed by atoms with Crippen LogP contribution in [0.15, 0.2) is 125 Å². The third-order valence-corrected chi connectivity index (χ3v) is 13.5. The number of allylic oxidation sites excluding steroid dienone is 1. The number of amides is 2. The van der Waals surface area contributed by atoms with Crippen LogP contribution in [0.1, 0.15) is 68.9 Å². The number of oxime groups is 1. The Morgan fingerprint density at radius 3 is 2.37 bits per heavy atom. The highest BCUT2D eigenvalue weighted by Crippen LogP contribution is 2.63. The Hall–Kier alpha value is -5.80. The second-order valence-corrected chi connectivity index (χ2v) is 17.7. The minimum Gasteiger partial charge on any atom is -0.497 e. The van der Waals surface area contributed by atoms with Gasteiger partial charge in [-0.05, 0) is 103 Å². The smallest absolute Gasteiger partial charge is 0.417 e. The zero-order chi connectivity index (χ0) is 45.8. The SMILES string of the molecule is C=CCOC12Oc3ccc(OC(=O)Nc4ccc(OC)cc4OC)cc3C3C(CCCCO)C(CCCCO)C=C(C(=NOCc4ccccc4)CC1Sc1ccc(NC(C)=O)cc1)C32. The maximum Gasteiger partial charge on any atom is 0.417 e. The van der Waals surface area contributed by atoms with Gasteiger partial charge >= 0.3 is 6.09 Å². The normalized spacial score (nSPS) is 22.3. The van der Waals surface area contributed by atoms with E-state index in [1.54, 1.807) is 49.2 Å². The third-order valence-electron chi connectivity index (χ3n) is 12.2. The fourth-order valence-electron chi connectivity index (χ4n) is 9.38. The summed E-state index contributed by atoms with van der Waals surface area (Å²) in [6.07, 6.45) is 8.29. The molecule has 1 aliphatic heterocycles. The predicted octanol–water partition coefficient (Wildman–Crippen LogP) is 9.90. The van der Waals surface area contributed by atoms with Crippen LogP contribution < -0.4 is 29.6 Å². The van der Waals surface area contributed by atoms with Gasteiger partial charge in [0.05, 0.1) is 43.4 Å². The first kappa shape index (κ1) is 47.2. The molecule has 3 aliphatic rings. The number of aliphatic hydroxyl groups is 2. The number of fused-ring (bicyclic) bond motifs is 2. The molecule has 6 atom stereocenters. The Morgan fingerprint density at radius 2 is 1.66 bits per heavy atom. The van der Waals surface area contributed by atoms with Crippen molar-refractivity contribution < 1.29 is 48.3 Å². The number of carbonyl (C=O) groups excluding carboxylic acids is 2. The van der Waals surface area contributed by atoms with Gasteiger partial charge in [0.25, 0.3) is 0 Å². The highest BCUT2D eigenvalue weighted by Gasteiger charge is 2.64. The van der Waals surface area contributed by atoms with Gasteiger partial charge in [-0.15, -0.1) is 18.3 Å². The number of carbonyl (C=O) groups is 2. The van der Waals surface area contributed by atoms with Crippen molar-refractivity contribution in [2.24, 2.45) is 22.9 Å². The van der Waals surface area contributed by atoms with E-state index in [1.807, 2.05) is 66.7 Å². The van der Waals surface area contributed by atoms with Crippen LogP contribution in [0, 0.1) is 17.8 Å². The number of ether oxygens (including phenoxy) is 5. The maximum absolute atomic E-state index is 13.6. The molecular formula is C51H59N3O10S. The summed E-state index contributed by atoms with van der Waals surface area (Å²) in [6, 6.07) is 28.2. The molecule has 0 bridgehead atoms. The van der Waals surface area contributed by atoms with Crippen LogP contribution in [-0.2, 0) is 21.0 Å². The van der Waals surface area contributed by atoms with Crippen LogP contribution in [0.25, 0.3) is 0 Å². The van der Waals surface area contributed by atoms with Gasteiger partial charge in [0.2, 0.25) is 11.7 Å². The largest absolute Gasteiger partial charge is 0.497 e. The highest BCUT2D eigenvalue weighted by atomic mass is 32.2. The van der Waals surface area contributed by atoms with Gasteiger partial charge in [-0.25, -0.2) is 4.79 Å². The molecule has 7 rings (SSSR count). The van der Waals surface area contributed by atoms with Crippen molar-refractivity contribution in [1.82, 2.24) is 0 Å². The van der Waals surface area contributed by atoms with Gasteiger partial charge in [0.1, 0.15) is 29.6 Å². The predicted molar refractivity (Wildman–Crippen MR) is 252 cm³/mol. The number of hydrogen-bond acceptors (Lipinski definition) is 12. The van der Waals surface area contributed by atoms with Gasteiger partial charge in [0.15, 0.2) is 0 Å². The molecule has 4 aromatic rings. The van der Waals surface area contributed by atoms with E-state index in [2.05, 4.69) is 23.3 Å². The summed E-state index contributed by atoms with van der Waals surface area (Å²) in [7, 11) is 3.07. The van der Waals surface area contributed by atoms with Crippen LogP contribution in [0.2, 0.25) is 0 Å². The lowest BCUT2D eigenvalue weighted by molar-refractivity contribution is -0.223. The molecule has 65 heavy (non-hydrogen) atoms. The molecule has 344 valence electrons. The number of benzene rings is 4. The summed E-state index contributed by atoms with van der Waals surface area (Å²) < 4.78 is 31.2. The first-order valence-electron chi connectivity index (χ1n) is 22.2. The minimum atomic E-state index is -1.24. The summed E-state index contributed by atoms with van der Waals surface area (Å²) in [5, 5.41) is 30.1. The maximum atomic E-state index is 13.6. The summed E-state index contributed by atoms with van der Waals surface area (Å²) >= 11 is 1.61. The summed E-state index contributed by atoms with van der Waals surface area (Å²) in [6.45, 7) is 6.16. The molecule has 6 unspecified atom stereocenters. The van der Waals surface area contributed by atoms with E-state index in [9.17, 15) is 19.8 Å². The zero-order valence-electron chi connectivity index (χ0n) is 37.2. The number of nitrogens with one attached hydrogen (secondary N) is 2. The standard InChI is InChI=1S/C51H59N3O10S/c1-5-27-61-51-47(65-39-21-17-36(18-22-39)52-33(2)57)31-44(54-62-32-34-13-7-6-8-14-34)41-28-35(15-9-11-25-55)40(16-10-12-26-56)48(49(41)51)42-29-38(20-24-45(42)64-51)63-50(58)53-43-23-19-37(59-3)30-46(43)60-4/h5-8,13-14,17-24,28-30,35,40,47-49,55-56H,1,9-12,15-16,25-27,31-32H2,2-4H3,(H,52,57)(H,53,58). The number of hydrogen-bond donors (Lipinski definition) is 4. The average molecular weight is 906 g/mol. The molecular weight excluding hydrogens is 847 g/mol. The van der Waals surface area contributed by atoms with E-state index in [0.717, 1.165) is 53.0 Å². The second-order valence-electron chi connectivity index (χ2n) is 16.4. The monoisotopic (exact) mass is 905 g/mol. The van der Waals surface area contributed by atoms with Crippen LogP contribution >= 0.6 is 11.8 Å². The van der Waals surface area contributed by atoms with Gasteiger partial charge < -0.3 is 44.1 Å². The van der Waals surface area contributed by atoms with Crippen molar-refractivity contribution >= 4 is 40.8 Å². The Morgan fingerprint density at radius 1 is 0.908 bits per heavy atom. The molecule has 1 heterocycles. The molecule has 13 nitrogen and oxygen atoms in total. The van der Waals surface area contributed by atoms with Gasteiger partial charge in [-0.3, -0.25) is 10.1 Å². The lowest BCUT2D eigenvalue weighted by Gasteiger charge is -2.58. The van der Waals surface area contributed by atoms with E-state index in [0.29, 0.717) is 53.6 Å². The van der Waals surface area contributed by atoms with Gasteiger partial charge in [-0.1, -0.05) is 60.5 Å². The van der Waals surface area contributed by atoms with Crippen LogP contribution in [-0.4, -0.2) is 73.0 Å². The molecule has 0 aromatic heterocycles. The lowest BCUT2D eigenvalue weighted by atomic mass is 9.56. The quantitative estimate of drug-likeness (QED) is 0.0357. The fraction of sp³-hybridized carbons (Fsp3) is 0.392. The Labute approximate surface area is 385 Å². The van der Waals surface area contributed by atoms with Gasteiger partial charge in [-0.2, -0.15) is 0 Å². The van der Waals surface area contributed by atoms with Crippen LogP contribution in [0.5, 0.6) is 23.0 Å². The van der Waals surface area contributed by atoms with E-state index < -0.39 is 17.8 Å². The number of anilines is 2. The first-order chi connectivity index (χ1) is 31.7. The number of rotatable bonds is 21. The molecule has 4 aromatic carbocycles. The fourth-order valence-corrected chi connectivity index (χ4v) is 10.7. The van der Waals surface area contributed by atoms with Crippen LogP contribution in [0.4, 0.5) is 16.2 Å².